The largest absolute Gasteiger partial charge is 0.494 e. The fraction of sp³-hybridized carbons (Fsp3) is 0.240. The van der Waals surface area contributed by atoms with Crippen molar-refractivity contribution in [2.24, 2.45) is 0 Å². The van der Waals surface area contributed by atoms with Crippen molar-refractivity contribution in [1.82, 2.24) is 15.6 Å². The molecule has 0 radical (unpaired) electrons. The zero-order valence-electron chi connectivity index (χ0n) is 18.3. The first-order valence-electron chi connectivity index (χ1n) is 10.7. The van der Waals surface area contributed by atoms with Crippen LogP contribution in [0.4, 0.5) is 4.39 Å². The zero-order chi connectivity index (χ0) is 23.5. The predicted octanol–water partition coefficient (Wildman–Crippen LogP) is 4.24. The van der Waals surface area contributed by atoms with Crippen molar-refractivity contribution in [3.05, 3.63) is 83.8 Å². The first-order chi connectivity index (χ1) is 16.0. The average Bonchev–Trinajstić information content (AvgIpc) is 2.84. The maximum absolute atomic E-state index is 12.9. The van der Waals surface area contributed by atoms with Gasteiger partial charge in [-0.05, 0) is 60.5 Å². The highest BCUT2D eigenvalue weighted by molar-refractivity contribution is 5.96. The third-order valence-corrected chi connectivity index (χ3v) is 4.62. The van der Waals surface area contributed by atoms with Crippen LogP contribution in [0.3, 0.4) is 0 Å². The number of hydrogen-bond donors (Lipinski definition) is 2. The van der Waals surface area contributed by atoms with E-state index in [2.05, 4.69) is 22.5 Å². The lowest BCUT2D eigenvalue weighted by Gasteiger charge is -2.09. The van der Waals surface area contributed by atoms with E-state index in [1.165, 1.54) is 24.3 Å². The average molecular weight is 451 g/mol. The molecule has 0 saturated carbocycles. The summed E-state index contributed by atoms with van der Waals surface area (Å²) in [6, 6.07) is 15.8. The molecule has 0 spiro atoms. The summed E-state index contributed by atoms with van der Waals surface area (Å²) in [5.41, 5.74) is 1.21. The molecule has 3 aromatic rings. The van der Waals surface area contributed by atoms with Crippen LogP contribution in [0.15, 0.2) is 66.9 Å². The Morgan fingerprint density at radius 2 is 1.67 bits per heavy atom. The van der Waals surface area contributed by atoms with Gasteiger partial charge in [0.15, 0.2) is 0 Å². The van der Waals surface area contributed by atoms with E-state index in [1.54, 1.807) is 42.6 Å². The van der Waals surface area contributed by atoms with E-state index >= 15 is 0 Å². The lowest BCUT2D eigenvalue weighted by atomic mass is 10.2. The van der Waals surface area contributed by atoms with Gasteiger partial charge in [0.25, 0.3) is 5.91 Å². The van der Waals surface area contributed by atoms with E-state index in [1.807, 2.05) is 0 Å². The molecule has 2 aromatic carbocycles. The van der Waals surface area contributed by atoms with Gasteiger partial charge in [0.2, 0.25) is 11.8 Å². The number of benzene rings is 2. The van der Waals surface area contributed by atoms with Crippen molar-refractivity contribution in [2.45, 2.75) is 26.3 Å². The van der Waals surface area contributed by atoms with Gasteiger partial charge in [0.1, 0.15) is 17.3 Å². The Labute approximate surface area is 192 Å². The molecule has 1 heterocycles. The predicted molar refractivity (Wildman–Crippen MR) is 122 cm³/mol. The summed E-state index contributed by atoms with van der Waals surface area (Å²) in [6.07, 6.45) is 3.60. The van der Waals surface area contributed by atoms with Crippen LogP contribution in [0.25, 0.3) is 0 Å². The van der Waals surface area contributed by atoms with Gasteiger partial charge in [0, 0.05) is 24.4 Å². The highest BCUT2D eigenvalue weighted by atomic mass is 19.1. The summed E-state index contributed by atoms with van der Waals surface area (Å²) < 4.78 is 24.0. The molecule has 0 fully saturated rings. The lowest BCUT2D eigenvalue weighted by molar-refractivity contribution is -0.120. The number of pyridine rings is 1. The van der Waals surface area contributed by atoms with Crippen molar-refractivity contribution < 1.29 is 23.5 Å². The minimum absolute atomic E-state index is 0.146. The number of rotatable bonds is 11. The SMILES string of the molecule is CCCCOc1ccc(C(=O)NCC(=O)NCc2ccc(Oc3ccc(F)cc3)nc2)cc1. The van der Waals surface area contributed by atoms with Gasteiger partial charge >= 0.3 is 0 Å². The van der Waals surface area contributed by atoms with Crippen LogP contribution in [0.1, 0.15) is 35.7 Å². The molecule has 0 unspecified atom stereocenters. The molecule has 3 rings (SSSR count). The molecule has 7 nitrogen and oxygen atoms in total. The summed E-state index contributed by atoms with van der Waals surface area (Å²) in [5.74, 6) is 0.525. The topological polar surface area (TPSA) is 89.5 Å². The smallest absolute Gasteiger partial charge is 0.251 e. The Kier molecular flexibility index (Phi) is 8.76. The summed E-state index contributed by atoms with van der Waals surface area (Å²) >= 11 is 0. The fourth-order valence-corrected chi connectivity index (χ4v) is 2.76. The number of halogens is 1. The number of ether oxygens (including phenoxy) is 2. The Morgan fingerprint density at radius 3 is 2.33 bits per heavy atom. The fourth-order valence-electron chi connectivity index (χ4n) is 2.76. The van der Waals surface area contributed by atoms with E-state index in [-0.39, 0.29) is 30.7 Å². The van der Waals surface area contributed by atoms with E-state index < -0.39 is 0 Å². The van der Waals surface area contributed by atoms with Crippen LogP contribution in [0, 0.1) is 5.82 Å². The molecular formula is C25H26FN3O4. The third-order valence-electron chi connectivity index (χ3n) is 4.62. The number of carbonyl (C=O) groups is 2. The first kappa shape index (κ1) is 23.7. The highest BCUT2D eigenvalue weighted by Crippen LogP contribution is 2.19. The third kappa shape index (κ3) is 7.92. The molecule has 0 bridgehead atoms. The number of nitrogens with one attached hydrogen (secondary N) is 2. The standard InChI is InChI=1S/C25H26FN3O4/c1-2-3-14-32-21-9-5-19(6-10-21)25(31)29-17-23(30)27-15-18-4-13-24(28-16-18)33-22-11-7-20(26)8-12-22/h4-13,16H,2-3,14-15,17H2,1H3,(H,27,30)(H,29,31). The molecule has 2 N–H and O–H groups in total. The van der Waals surface area contributed by atoms with Crippen LogP contribution in [0.5, 0.6) is 17.4 Å². The van der Waals surface area contributed by atoms with E-state index in [4.69, 9.17) is 9.47 Å². The lowest BCUT2D eigenvalue weighted by Crippen LogP contribution is -2.36. The molecule has 1 aromatic heterocycles. The van der Waals surface area contributed by atoms with Crippen molar-refractivity contribution in [3.8, 4) is 17.4 Å². The van der Waals surface area contributed by atoms with Gasteiger partial charge in [-0.1, -0.05) is 19.4 Å². The van der Waals surface area contributed by atoms with Gasteiger partial charge in [-0.3, -0.25) is 9.59 Å². The molecule has 2 amide bonds. The quantitative estimate of drug-likeness (QED) is 0.426. The summed E-state index contributed by atoms with van der Waals surface area (Å²) in [4.78, 5) is 28.5. The Hall–Kier alpha value is -3.94. The maximum atomic E-state index is 12.9. The van der Waals surface area contributed by atoms with Crippen molar-refractivity contribution in [1.29, 1.82) is 0 Å². The van der Waals surface area contributed by atoms with Crippen molar-refractivity contribution >= 4 is 11.8 Å². The van der Waals surface area contributed by atoms with E-state index in [0.717, 1.165) is 18.4 Å². The number of unbranched alkanes of at least 4 members (excludes halogenated alkanes) is 1. The zero-order valence-corrected chi connectivity index (χ0v) is 18.3. The first-order valence-corrected chi connectivity index (χ1v) is 10.7. The molecule has 0 aliphatic heterocycles. The second-order valence-corrected chi connectivity index (χ2v) is 7.25. The van der Waals surface area contributed by atoms with Crippen LogP contribution < -0.4 is 20.1 Å². The molecule has 0 saturated heterocycles. The van der Waals surface area contributed by atoms with Gasteiger partial charge < -0.3 is 20.1 Å². The monoisotopic (exact) mass is 451 g/mol. The number of nitrogens with zero attached hydrogens (tertiary/aromatic N) is 1. The van der Waals surface area contributed by atoms with Crippen molar-refractivity contribution in [2.75, 3.05) is 13.2 Å². The van der Waals surface area contributed by atoms with Crippen LogP contribution in [-0.4, -0.2) is 29.9 Å². The van der Waals surface area contributed by atoms with E-state index in [9.17, 15) is 14.0 Å². The minimum Gasteiger partial charge on any atom is -0.494 e. The molecule has 0 aliphatic carbocycles. The number of hydrogen-bond acceptors (Lipinski definition) is 5. The summed E-state index contributed by atoms with van der Waals surface area (Å²) in [6.45, 7) is 2.84. The molecule has 0 atom stereocenters. The van der Waals surface area contributed by atoms with E-state index in [0.29, 0.717) is 29.5 Å². The molecular weight excluding hydrogens is 425 g/mol. The van der Waals surface area contributed by atoms with Gasteiger partial charge in [-0.25, -0.2) is 9.37 Å². The normalized spacial score (nSPS) is 10.4. The highest BCUT2D eigenvalue weighted by Gasteiger charge is 2.09. The van der Waals surface area contributed by atoms with Gasteiger partial charge in [0.05, 0.1) is 13.2 Å². The number of aromatic nitrogens is 1. The molecule has 0 aliphatic rings. The minimum atomic E-state index is -0.345. The Morgan fingerprint density at radius 1 is 0.939 bits per heavy atom. The molecule has 33 heavy (non-hydrogen) atoms. The van der Waals surface area contributed by atoms with Crippen LogP contribution in [-0.2, 0) is 11.3 Å². The summed E-state index contributed by atoms with van der Waals surface area (Å²) in [7, 11) is 0. The number of amides is 2. The summed E-state index contributed by atoms with van der Waals surface area (Å²) in [5, 5.41) is 5.32. The molecule has 8 heteroatoms. The molecule has 172 valence electrons. The Bertz CT molecular complexity index is 1040. The second-order valence-electron chi connectivity index (χ2n) is 7.25. The van der Waals surface area contributed by atoms with Gasteiger partial charge in [-0.2, -0.15) is 0 Å². The maximum Gasteiger partial charge on any atom is 0.251 e. The number of carbonyl (C=O) groups excluding carboxylic acids is 2. The van der Waals surface area contributed by atoms with Crippen molar-refractivity contribution in [3.63, 3.8) is 0 Å². The van der Waals surface area contributed by atoms with Crippen LogP contribution in [0.2, 0.25) is 0 Å². The van der Waals surface area contributed by atoms with Crippen LogP contribution >= 0.6 is 0 Å². The Balaban J connectivity index is 1.39. The van der Waals surface area contributed by atoms with Gasteiger partial charge in [-0.15, -0.1) is 0 Å². The second kappa shape index (κ2) is 12.2.